The summed E-state index contributed by atoms with van der Waals surface area (Å²) in [5.41, 5.74) is 7.42. The van der Waals surface area contributed by atoms with Crippen molar-refractivity contribution in [2.45, 2.75) is 84.5 Å². The summed E-state index contributed by atoms with van der Waals surface area (Å²) in [4.78, 5) is 0. The van der Waals surface area contributed by atoms with Crippen LogP contribution in [0.4, 0.5) is 0 Å². The first-order chi connectivity index (χ1) is 10.6. The minimum atomic E-state index is 0.434. The fourth-order valence-electron chi connectivity index (χ4n) is 3.22. The van der Waals surface area contributed by atoms with E-state index in [1.54, 1.807) is 0 Å². The van der Waals surface area contributed by atoms with Crippen LogP contribution in [0.25, 0.3) is 0 Å². The van der Waals surface area contributed by atoms with E-state index in [1.165, 1.54) is 76.2 Å². The number of hydrogen-bond acceptors (Lipinski definition) is 1. The maximum absolute atomic E-state index is 5.51. The zero-order valence-corrected chi connectivity index (χ0v) is 14.9. The average molecular weight is 304 g/mol. The number of rotatable bonds is 13. The van der Waals surface area contributed by atoms with Crippen molar-refractivity contribution in [3.63, 3.8) is 0 Å². The van der Waals surface area contributed by atoms with Crippen LogP contribution in [-0.2, 0) is 6.42 Å². The summed E-state index contributed by atoms with van der Waals surface area (Å²) < 4.78 is 0. The number of unbranched alkanes of at least 4 members (excludes halogenated alkanes) is 8. The molecule has 0 amide bonds. The summed E-state index contributed by atoms with van der Waals surface area (Å²) in [7, 11) is 0. The molecule has 1 rings (SSSR count). The molecule has 0 aliphatic heterocycles. The summed E-state index contributed by atoms with van der Waals surface area (Å²) >= 11 is 0. The SMILES string of the molecule is CC(C)(CCCCCCCCCCCN)Cc1ccccc1. The van der Waals surface area contributed by atoms with Crippen LogP contribution in [0.15, 0.2) is 30.3 Å². The third kappa shape index (κ3) is 10.00. The van der Waals surface area contributed by atoms with Crippen molar-refractivity contribution in [2.75, 3.05) is 6.54 Å². The smallest absolute Gasteiger partial charge is 0.00773 e. The zero-order valence-electron chi connectivity index (χ0n) is 14.9. The van der Waals surface area contributed by atoms with E-state index >= 15 is 0 Å². The Morgan fingerprint density at radius 3 is 1.77 bits per heavy atom. The normalized spacial score (nSPS) is 11.8. The third-order valence-electron chi connectivity index (χ3n) is 4.58. The highest BCUT2D eigenvalue weighted by Gasteiger charge is 2.17. The third-order valence-corrected chi connectivity index (χ3v) is 4.58. The van der Waals surface area contributed by atoms with Gasteiger partial charge in [-0.2, -0.15) is 0 Å². The van der Waals surface area contributed by atoms with Crippen molar-refractivity contribution in [1.82, 2.24) is 0 Å². The molecule has 0 aliphatic rings. The molecule has 0 heterocycles. The Morgan fingerprint density at radius 1 is 0.727 bits per heavy atom. The number of benzene rings is 1. The molecule has 22 heavy (non-hydrogen) atoms. The second kappa shape index (κ2) is 11.7. The van der Waals surface area contributed by atoms with Crippen LogP contribution in [0.3, 0.4) is 0 Å². The van der Waals surface area contributed by atoms with Gasteiger partial charge >= 0.3 is 0 Å². The van der Waals surface area contributed by atoms with Crippen LogP contribution >= 0.6 is 0 Å². The molecule has 0 spiro atoms. The molecule has 1 aromatic rings. The van der Waals surface area contributed by atoms with Gasteiger partial charge in [-0.1, -0.05) is 95.5 Å². The Labute approximate surface area is 138 Å². The second-order valence-electron chi connectivity index (χ2n) is 7.55. The molecule has 0 aromatic heterocycles. The predicted octanol–water partition coefficient (Wildman–Crippen LogP) is 6.12. The van der Waals surface area contributed by atoms with Gasteiger partial charge in [0.1, 0.15) is 0 Å². The number of hydrogen-bond donors (Lipinski definition) is 1. The van der Waals surface area contributed by atoms with Crippen LogP contribution in [0.2, 0.25) is 0 Å². The van der Waals surface area contributed by atoms with E-state index in [0.717, 1.165) is 6.54 Å². The van der Waals surface area contributed by atoms with Crippen LogP contribution in [0.1, 0.15) is 83.6 Å². The molecule has 0 saturated carbocycles. The van der Waals surface area contributed by atoms with Crippen molar-refractivity contribution in [2.24, 2.45) is 11.1 Å². The Bertz CT molecular complexity index is 355. The lowest BCUT2D eigenvalue weighted by Crippen LogP contribution is -2.14. The lowest BCUT2D eigenvalue weighted by atomic mass is 9.81. The maximum Gasteiger partial charge on any atom is -0.00773 e. The molecule has 0 fully saturated rings. The lowest BCUT2D eigenvalue weighted by molar-refractivity contribution is 0.316. The highest BCUT2D eigenvalue weighted by molar-refractivity contribution is 5.16. The molecule has 2 N–H and O–H groups in total. The zero-order chi connectivity index (χ0) is 16.1. The predicted molar refractivity (Wildman–Crippen MR) is 99.2 cm³/mol. The van der Waals surface area contributed by atoms with Gasteiger partial charge in [-0.25, -0.2) is 0 Å². The molecular weight excluding hydrogens is 266 g/mol. The van der Waals surface area contributed by atoms with Gasteiger partial charge < -0.3 is 5.73 Å². The Hall–Kier alpha value is -0.820. The molecule has 0 unspecified atom stereocenters. The summed E-state index contributed by atoms with van der Waals surface area (Å²) in [5.74, 6) is 0. The molecule has 1 heteroatoms. The van der Waals surface area contributed by atoms with E-state index in [2.05, 4.69) is 44.2 Å². The van der Waals surface area contributed by atoms with E-state index in [1.807, 2.05) is 0 Å². The van der Waals surface area contributed by atoms with Crippen molar-refractivity contribution >= 4 is 0 Å². The molecule has 0 bridgehead atoms. The Morgan fingerprint density at radius 2 is 1.23 bits per heavy atom. The van der Waals surface area contributed by atoms with E-state index in [-0.39, 0.29) is 0 Å². The molecule has 1 nitrogen and oxygen atoms in total. The molecule has 0 saturated heterocycles. The van der Waals surface area contributed by atoms with Gasteiger partial charge in [0.15, 0.2) is 0 Å². The molecule has 0 atom stereocenters. The van der Waals surface area contributed by atoms with Gasteiger partial charge in [-0.05, 0) is 36.8 Å². The van der Waals surface area contributed by atoms with Crippen LogP contribution in [-0.4, -0.2) is 6.54 Å². The Balaban J connectivity index is 1.99. The topological polar surface area (TPSA) is 26.0 Å². The summed E-state index contributed by atoms with van der Waals surface area (Å²) in [6, 6.07) is 10.9. The number of nitrogens with two attached hydrogens (primary N) is 1. The van der Waals surface area contributed by atoms with Gasteiger partial charge in [0, 0.05) is 0 Å². The quantitative estimate of drug-likeness (QED) is 0.437. The first-order valence-electron chi connectivity index (χ1n) is 9.38. The van der Waals surface area contributed by atoms with E-state index in [4.69, 9.17) is 5.73 Å². The average Bonchev–Trinajstić information content (AvgIpc) is 2.49. The monoisotopic (exact) mass is 303 g/mol. The van der Waals surface area contributed by atoms with Gasteiger partial charge in [-0.15, -0.1) is 0 Å². The highest BCUT2D eigenvalue weighted by atomic mass is 14.5. The van der Waals surface area contributed by atoms with Gasteiger partial charge in [0.2, 0.25) is 0 Å². The maximum atomic E-state index is 5.51. The van der Waals surface area contributed by atoms with Crippen molar-refractivity contribution < 1.29 is 0 Å². The van der Waals surface area contributed by atoms with E-state index < -0.39 is 0 Å². The standard InChI is InChI=1S/C21H37N/c1-21(2,19-20-15-11-10-12-16-20)17-13-8-6-4-3-5-7-9-14-18-22/h10-12,15-16H,3-9,13-14,17-19,22H2,1-2H3. The van der Waals surface area contributed by atoms with E-state index in [9.17, 15) is 0 Å². The molecule has 0 aliphatic carbocycles. The van der Waals surface area contributed by atoms with Crippen LogP contribution in [0, 0.1) is 5.41 Å². The largest absolute Gasteiger partial charge is 0.330 e. The minimum Gasteiger partial charge on any atom is -0.330 e. The fourth-order valence-corrected chi connectivity index (χ4v) is 3.22. The molecular formula is C21H37N. The van der Waals surface area contributed by atoms with Crippen molar-refractivity contribution in [3.8, 4) is 0 Å². The summed E-state index contributed by atoms with van der Waals surface area (Å²) in [5, 5.41) is 0. The fraction of sp³-hybridized carbons (Fsp3) is 0.714. The van der Waals surface area contributed by atoms with Gasteiger partial charge in [0.05, 0.1) is 0 Å². The Kier molecular flexibility index (Phi) is 10.2. The van der Waals surface area contributed by atoms with Crippen LogP contribution < -0.4 is 5.73 Å². The van der Waals surface area contributed by atoms with Crippen molar-refractivity contribution in [3.05, 3.63) is 35.9 Å². The molecule has 126 valence electrons. The summed E-state index contributed by atoms with van der Waals surface area (Å²) in [6.07, 6.45) is 14.9. The van der Waals surface area contributed by atoms with Gasteiger partial charge in [0.25, 0.3) is 0 Å². The first kappa shape index (κ1) is 19.2. The first-order valence-corrected chi connectivity index (χ1v) is 9.38. The lowest BCUT2D eigenvalue weighted by Gasteiger charge is -2.24. The van der Waals surface area contributed by atoms with Gasteiger partial charge in [-0.3, -0.25) is 0 Å². The van der Waals surface area contributed by atoms with Crippen LogP contribution in [0.5, 0.6) is 0 Å². The second-order valence-corrected chi connectivity index (χ2v) is 7.55. The van der Waals surface area contributed by atoms with E-state index in [0.29, 0.717) is 5.41 Å². The highest BCUT2D eigenvalue weighted by Crippen LogP contribution is 2.28. The molecule has 0 radical (unpaired) electrons. The van der Waals surface area contributed by atoms with Crippen molar-refractivity contribution in [1.29, 1.82) is 0 Å². The summed E-state index contributed by atoms with van der Waals surface area (Å²) in [6.45, 7) is 5.69. The minimum absolute atomic E-state index is 0.434. The molecule has 1 aromatic carbocycles.